The molecule has 0 aliphatic heterocycles. The zero-order chi connectivity index (χ0) is 21.8. The number of rotatable bonds is 7. The van der Waals surface area contributed by atoms with Crippen LogP contribution in [0.5, 0.6) is 11.5 Å². The number of hydrogen-bond donors (Lipinski definition) is 1. The van der Waals surface area contributed by atoms with Crippen molar-refractivity contribution < 1.29 is 9.47 Å². The van der Waals surface area contributed by atoms with Crippen LogP contribution in [0.2, 0.25) is 5.02 Å². The first-order chi connectivity index (χ1) is 15.1. The molecular formula is C25H24ClN3O2. The van der Waals surface area contributed by atoms with Crippen LogP contribution in [0.15, 0.2) is 72.9 Å². The highest BCUT2D eigenvalue weighted by atomic mass is 35.5. The van der Waals surface area contributed by atoms with Gasteiger partial charge in [0.25, 0.3) is 0 Å². The zero-order valence-corrected chi connectivity index (χ0v) is 18.3. The number of nitrogens with two attached hydrogens (primary N) is 1. The van der Waals surface area contributed by atoms with Gasteiger partial charge in [-0.25, -0.2) is 4.98 Å². The Hall–Kier alpha value is -3.44. The van der Waals surface area contributed by atoms with Crippen molar-refractivity contribution >= 4 is 33.9 Å². The predicted octanol–water partition coefficient (Wildman–Crippen LogP) is 5.69. The lowest BCUT2D eigenvalue weighted by atomic mass is 10.1. The molecule has 0 spiro atoms. The van der Waals surface area contributed by atoms with E-state index in [0.29, 0.717) is 23.8 Å². The van der Waals surface area contributed by atoms with Gasteiger partial charge in [0.05, 0.1) is 19.2 Å². The molecule has 1 heterocycles. The highest BCUT2D eigenvalue weighted by molar-refractivity contribution is 6.35. The summed E-state index contributed by atoms with van der Waals surface area (Å²) in [6, 6.07) is 21.8. The van der Waals surface area contributed by atoms with Gasteiger partial charge < -0.3 is 20.1 Å². The van der Waals surface area contributed by atoms with Gasteiger partial charge in [-0.3, -0.25) is 0 Å². The number of ether oxygens (including phenoxy) is 2. The SMILES string of the molecule is COc1ccc(CN(Cc2ccc(OC)cc2)c2cc3cc(N)cc(Cl)c3cn2)cc1. The van der Waals surface area contributed by atoms with Crippen LogP contribution in [0.1, 0.15) is 11.1 Å². The van der Waals surface area contributed by atoms with Crippen molar-refractivity contribution in [3.05, 3.63) is 89.1 Å². The second-order valence-electron chi connectivity index (χ2n) is 7.32. The minimum Gasteiger partial charge on any atom is -0.497 e. The van der Waals surface area contributed by atoms with Crippen LogP contribution >= 0.6 is 11.6 Å². The van der Waals surface area contributed by atoms with Gasteiger partial charge in [0.1, 0.15) is 17.3 Å². The molecule has 5 nitrogen and oxygen atoms in total. The summed E-state index contributed by atoms with van der Waals surface area (Å²) in [6.07, 6.45) is 1.81. The summed E-state index contributed by atoms with van der Waals surface area (Å²) in [6.45, 7) is 1.37. The lowest BCUT2D eigenvalue weighted by Crippen LogP contribution is -2.23. The van der Waals surface area contributed by atoms with Gasteiger partial charge in [-0.15, -0.1) is 0 Å². The van der Waals surface area contributed by atoms with Crippen molar-refractivity contribution in [1.82, 2.24) is 4.98 Å². The first kappa shape index (κ1) is 20.8. The van der Waals surface area contributed by atoms with Gasteiger partial charge in [-0.1, -0.05) is 35.9 Å². The van der Waals surface area contributed by atoms with Gasteiger partial charge in [-0.2, -0.15) is 0 Å². The van der Waals surface area contributed by atoms with Gasteiger partial charge in [0.2, 0.25) is 0 Å². The van der Waals surface area contributed by atoms with E-state index in [4.69, 9.17) is 31.8 Å². The van der Waals surface area contributed by atoms with E-state index < -0.39 is 0 Å². The molecule has 0 unspecified atom stereocenters. The van der Waals surface area contributed by atoms with E-state index in [1.54, 1.807) is 20.3 Å². The van der Waals surface area contributed by atoms with Gasteiger partial charge in [0.15, 0.2) is 0 Å². The Morgan fingerprint density at radius 1 is 0.839 bits per heavy atom. The molecule has 4 aromatic rings. The summed E-state index contributed by atoms with van der Waals surface area (Å²) in [4.78, 5) is 6.93. The smallest absolute Gasteiger partial charge is 0.129 e. The fraction of sp³-hybridized carbons (Fsp3) is 0.160. The standard InChI is InChI=1S/C25H24ClN3O2/c1-30-21-7-3-17(4-8-21)15-29(16-18-5-9-22(31-2)10-6-18)25-12-19-11-20(27)13-24(26)23(19)14-28-25/h3-14H,15-16,27H2,1-2H3. The third kappa shape index (κ3) is 4.84. The van der Waals surface area contributed by atoms with Crippen molar-refractivity contribution in [2.24, 2.45) is 0 Å². The number of pyridine rings is 1. The first-order valence-corrected chi connectivity index (χ1v) is 10.3. The minimum atomic E-state index is 0.603. The molecule has 0 radical (unpaired) electrons. The molecule has 0 bridgehead atoms. The lowest BCUT2D eigenvalue weighted by Gasteiger charge is -2.25. The predicted molar refractivity (Wildman–Crippen MR) is 127 cm³/mol. The maximum Gasteiger partial charge on any atom is 0.129 e. The normalized spacial score (nSPS) is 10.8. The van der Waals surface area contributed by atoms with Crippen LogP contribution in [0, 0.1) is 0 Å². The second-order valence-corrected chi connectivity index (χ2v) is 7.73. The molecule has 0 atom stereocenters. The number of hydrogen-bond acceptors (Lipinski definition) is 5. The molecule has 158 valence electrons. The Balaban J connectivity index is 1.70. The quantitative estimate of drug-likeness (QED) is 0.379. The zero-order valence-electron chi connectivity index (χ0n) is 17.5. The highest BCUT2D eigenvalue weighted by Gasteiger charge is 2.13. The molecule has 0 saturated heterocycles. The summed E-state index contributed by atoms with van der Waals surface area (Å²) in [5.74, 6) is 2.51. The average molecular weight is 434 g/mol. The third-order valence-electron chi connectivity index (χ3n) is 5.18. The van der Waals surface area contributed by atoms with E-state index in [-0.39, 0.29) is 0 Å². The van der Waals surface area contributed by atoms with Crippen molar-refractivity contribution in [1.29, 1.82) is 0 Å². The van der Waals surface area contributed by atoms with E-state index in [9.17, 15) is 0 Å². The largest absolute Gasteiger partial charge is 0.497 e. The molecule has 0 fully saturated rings. The molecule has 0 saturated carbocycles. The fourth-order valence-corrected chi connectivity index (χ4v) is 3.80. The third-order valence-corrected chi connectivity index (χ3v) is 5.50. The van der Waals surface area contributed by atoms with Crippen LogP contribution in [0.4, 0.5) is 11.5 Å². The number of methoxy groups -OCH3 is 2. The number of anilines is 2. The Morgan fingerprint density at radius 2 is 1.39 bits per heavy atom. The summed E-state index contributed by atoms with van der Waals surface area (Å²) in [7, 11) is 3.33. The number of fused-ring (bicyclic) bond motifs is 1. The van der Waals surface area contributed by atoms with Crippen LogP contribution in [-0.2, 0) is 13.1 Å². The lowest BCUT2D eigenvalue weighted by molar-refractivity contribution is 0.414. The molecule has 0 amide bonds. The number of aromatic nitrogens is 1. The van der Waals surface area contributed by atoms with Crippen molar-refractivity contribution in [2.75, 3.05) is 24.9 Å². The Kier molecular flexibility index (Phi) is 6.14. The molecule has 2 N–H and O–H groups in total. The van der Waals surface area contributed by atoms with E-state index in [2.05, 4.69) is 29.2 Å². The Bertz CT molecular complexity index is 1130. The number of benzene rings is 3. The van der Waals surface area contributed by atoms with E-state index in [0.717, 1.165) is 39.2 Å². The van der Waals surface area contributed by atoms with Gasteiger partial charge in [0, 0.05) is 30.4 Å². The maximum atomic E-state index is 6.35. The van der Waals surface area contributed by atoms with Gasteiger partial charge >= 0.3 is 0 Å². The average Bonchev–Trinajstić information content (AvgIpc) is 2.79. The van der Waals surface area contributed by atoms with E-state index >= 15 is 0 Å². The fourth-order valence-electron chi connectivity index (χ4n) is 3.52. The van der Waals surface area contributed by atoms with Crippen molar-refractivity contribution in [3.8, 4) is 11.5 Å². The number of nitrogen functional groups attached to an aromatic ring is 1. The molecule has 3 aromatic carbocycles. The molecular weight excluding hydrogens is 410 g/mol. The summed E-state index contributed by atoms with van der Waals surface area (Å²) < 4.78 is 10.6. The van der Waals surface area contributed by atoms with Crippen LogP contribution in [0.25, 0.3) is 10.8 Å². The monoisotopic (exact) mass is 433 g/mol. The molecule has 4 rings (SSSR count). The first-order valence-electron chi connectivity index (χ1n) is 9.91. The van der Waals surface area contributed by atoms with E-state index in [1.165, 1.54) is 0 Å². The number of nitrogens with zero attached hydrogens (tertiary/aromatic N) is 2. The number of halogens is 1. The Labute approximate surface area is 187 Å². The summed E-state index contributed by atoms with van der Waals surface area (Å²) in [5.41, 5.74) is 8.95. The van der Waals surface area contributed by atoms with Crippen LogP contribution in [-0.4, -0.2) is 19.2 Å². The molecule has 6 heteroatoms. The molecule has 31 heavy (non-hydrogen) atoms. The van der Waals surface area contributed by atoms with E-state index in [1.807, 2.05) is 42.6 Å². The van der Waals surface area contributed by atoms with Crippen LogP contribution < -0.4 is 20.1 Å². The van der Waals surface area contributed by atoms with Crippen molar-refractivity contribution in [3.63, 3.8) is 0 Å². The minimum absolute atomic E-state index is 0.603. The molecule has 0 aliphatic carbocycles. The summed E-state index contributed by atoms with van der Waals surface area (Å²) >= 11 is 6.35. The van der Waals surface area contributed by atoms with Gasteiger partial charge in [-0.05, 0) is 59.0 Å². The second kappa shape index (κ2) is 9.14. The summed E-state index contributed by atoms with van der Waals surface area (Å²) in [5, 5.41) is 2.45. The molecule has 0 aliphatic rings. The molecule has 1 aromatic heterocycles. The topological polar surface area (TPSA) is 60.6 Å². The van der Waals surface area contributed by atoms with Crippen LogP contribution in [0.3, 0.4) is 0 Å². The van der Waals surface area contributed by atoms with Crippen molar-refractivity contribution in [2.45, 2.75) is 13.1 Å². The maximum absolute atomic E-state index is 6.35. The highest BCUT2D eigenvalue weighted by Crippen LogP contribution is 2.30. The Morgan fingerprint density at radius 3 is 1.90 bits per heavy atom.